The van der Waals surface area contributed by atoms with E-state index in [-0.39, 0.29) is 11.6 Å². The second-order valence-corrected chi connectivity index (χ2v) is 3.62. The van der Waals surface area contributed by atoms with Gasteiger partial charge in [-0.05, 0) is 30.2 Å². The minimum atomic E-state index is -0.220. The average Bonchev–Trinajstić information content (AvgIpc) is 2.59. The highest BCUT2D eigenvalue weighted by Gasteiger charge is 2.08. The van der Waals surface area contributed by atoms with E-state index < -0.39 is 0 Å². The number of halogens is 1. The molecule has 0 fully saturated rings. The summed E-state index contributed by atoms with van der Waals surface area (Å²) in [5.74, 6) is -0.258. The number of Topliss-reactive ketones (excluding diaryl/α,β-unsaturated/α-hetero) is 1. The monoisotopic (exact) mass is 205 g/mol. The molecule has 2 rings (SSSR count). The van der Waals surface area contributed by atoms with Gasteiger partial charge in [-0.1, -0.05) is 6.92 Å². The molecule has 78 valence electrons. The number of rotatable bonds is 2. The molecule has 1 heterocycles. The lowest BCUT2D eigenvalue weighted by Gasteiger charge is -1.98. The highest BCUT2D eigenvalue weighted by Crippen LogP contribution is 2.20. The molecule has 0 unspecified atom stereocenters. The van der Waals surface area contributed by atoms with E-state index in [4.69, 9.17) is 0 Å². The maximum absolute atomic E-state index is 13.4. The molecule has 0 aliphatic rings. The standard InChI is InChI=1S/C12H12FNO/c1-3-8-4-9-5-11(7(2)15)14-12(9)6-10(8)13/h4-6,14H,3H2,1-2H3. The molecule has 0 radical (unpaired) electrons. The first-order chi connectivity index (χ1) is 7.11. The Morgan fingerprint density at radius 3 is 2.73 bits per heavy atom. The summed E-state index contributed by atoms with van der Waals surface area (Å²) in [6.07, 6.45) is 0.655. The number of hydrogen-bond acceptors (Lipinski definition) is 1. The summed E-state index contributed by atoms with van der Waals surface area (Å²) in [4.78, 5) is 14.0. The summed E-state index contributed by atoms with van der Waals surface area (Å²) in [5, 5.41) is 0.887. The van der Waals surface area contributed by atoms with Crippen molar-refractivity contribution in [1.82, 2.24) is 4.98 Å². The minimum Gasteiger partial charge on any atom is -0.352 e. The first-order valence-electron chi connectivity index (χ1n) is 4.94. The van der Waals surface area contributed by atoms with Gasteiger partial charge in [0.25, 0.3) is 0 Å². The number of nitrogens with one attached hydrogen (secondary N) is 1. The summed E-state index contributed by atoms with van der Waals surface area (Å²) in [7, 11) is 0. The molecule has 0 bridgehead atoms. The maximum atomic E-state index is 13.4. The lowest BCUT2D eigenvalue weighted by Crippen LogP contribution is -1.90. The number of aromatic nitrogens is 1. The molecule has 3 heteroatoms. The van der Waals surface area contributed by atoms with Crippen LogP contribution in [0, 0.1) is 5.82 Å². The average molecular weight is 205 g/mol. The number of carbonyl (C=O) groups is 1. The molecule has 0 spiro atoms. The van der Waals surface area contributed by atoms with Crippen molar-refractivity contribution in [3.05, 3.63) is 35.3 Å². The van der Waals surface area contributed by atoms with Crippen LogP contribution in [0.4, 0.5) is 4.39 Å². The summed E-state index contributed by atoms with van der Waals surface area (Å²) < 4.78 is 13.4. The number of hydrogen-bond donors (Lipinski definition) is 1. The normalized spacial score (nSPS) is 10.9. The van der Waals surface area contributed by atoms with Gasteiger partial charge in [-0.2, -0.15) is 0 Å². The van der Waals surface area contributed by atoms with Gasteiger partial charge in [0.2, 0.25) is 0 Å². The maximum Gasteiger partial charge on any atom is 0.175 e. The van der Waals surface area contributed by atoms with E-state index in [1.165, 1.54) is 13.0 Å². The number of aryl methyl sites for hydroxylation is 1. The van der Waals surface area contributed by atoms with Crippen molar-refractivity contribution in [2.75, 3.05) is 0 Å². The van der Waals surface area contributed by atoms with Crippen LogP contribution in [0.15, 0.2) is 18.2 Å². The van der Waals surface area contributed by atoms with Crippen LogP contribution in [0.2, 0.25) is 0 Å². The van der Waals surface area contributed by atoms with Gasteiger partial charge in [-0.3, -0.25) is 4.79 Å². The summed E-state index contributed by atoms with van der Waals surface area (Å²) >= 11 is 0. The molecule has 0 aliphatic carbocycles. The quantitative estimate of drug-likeness (QED) is 0.751. The van der Waals surface area contributed by atoms with Crippen LogP contribution in [-0.4, -0.2) is 10.8 Å². The molecule has 1 N–H and O–H groups in total. The zero-order valence-electron chi connectivity index (χ0n) is 8.73. The highest BCUT2D eigenvalue weighted by atomic mass is 19.1. The van der Waals surface area contributed by atoms with Gasteiger partial charge in [0.05, 0.1) is 5.69 Å². The fraction of sp³-hybridized carbons (Fsp3) is 0.250. The minimum absolute atomic E-state index is 0.0374. The summed E-state index contributed by atoms with van der Waals surface area (Å²) in [5.41, 5.74) is 1.88. The molecule has 0 aliphatic heterocycles. The van der Waals surface area contributed by atoms with Crippen LogP contribution in [-0.2, 0) is 6.42 Å². The molecular weight excluding hydrogens is 193 g/mol. The van der Waals surface area contributed by atoms with E-state index in [1.807, 2.05) is 6.92 Å². The zero-order valence-corrected chi connectivity index (χ0v) is 8.73. The molecule has 1 aromatic carbocycles. The van der Waals surface area contributed by atoms with Crippen LogP contribution in [0.3, 0.4) is 0 Å². The molecule has 2 nitrogen and oxygen atoms in total. The lowest BCUT2D eigenvalue weighted by molar-refractivity contribution is 0.101. The predicted molar refractivity (Wildman–Crippen MR) is 57.6 cm³/mol. The molecule has 0 saturated heterocycles. The molecule has 1 aromatic heterocycles. The van der Waals surface area contributed by atoms with Gasteiger partial charge in [0.15, 0.2) is 5.78 Å². The smallest absolute Gasteiger partial charge is 0.175 e. The zero-order chi connectivity index (χ0) is 11.0. The largest absolute Gasteiger partial charge is 0.352 e. The predicted octanol–water partition coefficient (Wildman–Crippen LogP) is 3.07. The van der Waals surface area contributed by atoms with Gasteiger partial charge in [-0.15, -0.1) is 0 Å². The topological polar surface area (TPSA) is 32.9 Å². The number of aromatic amines is 1. The van der Waals surface area contributed by atoms with E-state index in [9.17, 15) is 9.18 Å². The van der Waals surface area contributed by atoms with Crippen LogP contribution in [0.1, 0.15) is 29.9 Å². The molecule has 0 amide bonds. The van der Waals surface area contributed by atoms with Gasteiger partial charge in [0, 0.05) is 17.8 Å². The van der Waals surface area contributed by atoms with Crippen molar-refractivity contribution in [1.29, 1.82) is 0 Å². The van der Waals surface area contributed by atoms with E-state index in [0.717, 1.165) is 5.39 Å². The lowest BCUT2D eigenvalue weighted by atomic mass is 10.1. The third-order valence-corrected chi connectivity index (χ3v) is 2.55. The Kier molecular flexibility index (Phi) is 2.31. The second kappa shape index (κ2) is 3.50. The highest BCUT2D eigenvalue weighted by molar-refractivity contribution is 5.98. The first-order valence-corrected chi connectivity index (χ1v) is 4.94. The number of benzene rings is 1. The van der Waals surface area contributed by atoms with E-state index in [2.05, 4.69) is 4.98 Å². The van der Waals surface area contributed by atoms with Gasteiger partial charge >= 0.3 is 0 Å². The SMILES string of the molecule is CCc1cc2cc(C(C)=O)[nH]c2cc1F. The van der Waals surface area contributed by atoms with Crippen molar-refractivity contribution >= 4 is 16.7 Å². The number of H-pyrrole nitrogens is 1. The molecule has 15 heavy (non-hydrogen) atoms. The Morgan fingerprint density at radius 2 is 2.13 bits per heavy atom. The number of ketones is 1. The Bertz CT molecular complexity index is 528. The van der Waals surface area contributed by atoms with Crippen molar-refractivity contribution in [2.24, 2.45) is 0 Å². The van der Waals surface area contributed by atoms with Gasteiger partial charge in [-0.25, -0.2) is 4.39 Å². The summed E-state index contributed by atoms with van der Waals surface area (Å²) in [6, 6.07) is 4.99. The summed E-state index contributed by atoms with van der Waals surface area (Å²) in [6.45, 7) is 3.39. The van der Waals surface area contributed by atoms with E-state index >= 15 is 0 Å². The third-order valence-electron chi connectivity index (χ3n) is 2.55. The number of fused-ring (bicyclic) bond motifs is 1. The Labute approximate surface area is 87.1 Å². The molecule has 0 atom stereocenters. The molecule has 2 aromatic rings. The fourth-order valence-corrected chi connectivity index (χ4v) is 1.66. The van der Waals surface area contributed by atoms with Crippen LogP contribution >= 0.6 is 0 Å². The van der Waals surface area contributed by atoms with Crippen LogP contribution in [0.5, 0.6) is 0 Å². The van der Waals surface area contributed by atoms with Crippen molar-refractivity contribution in [3.8, 4) is 0 Å². The van der Waals surface area contributed by atoms with Crippen LogP contribution in [0.25, 0.3) is 10.9 Å². The number of carbonyl (C=O) groups excluding carboxylic acids is 1. The van der Waals surface area contributed by atoms with E-state index in [1.54, 1.807) is 12.1 Å². The first kappa shape index (κ1) is 9.90. The van der Waals surface area contributed by atoms with Crippen molar-refractivity contribution in [2.45, 2.75) is 20.3 Å². The third kappa shape index (κ3) is 1.65. The molecule has 0 saturated carbocycles. The Hall–Kier alpha value is -1.64. The Morgan fingerprint density at radius 1 is 1.40 bits per heavy atom. The van der Waals surface area contributed by atoms with Gasteiger partial charge < -0.3 is 4.98 Å². The second-order valence-electron chi connectivity index (χ2n) is 3.62. The fourth-order valence-electron chi connectivity index (χ4n) is 1.66. The van der Waals surface area contributed by atoms with Crippen molar-refractivity contribution < 1.29 is 9.18 Å². The van der Waals surface area contributed by atoms with Crippen LogP contribution < -0.4 is 0 Å². The van der Waals surface area contributed by atoms with Gasteiger partial charge in [0.1, 0.15) is 5.82 Å². The molecular formula is C12H12FNO. The van der Waals surface area contributed by atoms with E-state index in [0.29, 0.717) is 23.2 Å². The van der Waals surface area contributed by atoms with Crippen molar-refractivity contribution in [3.63, 3.8) is 0 Å². The Balaban J connectivity index is 2.66.